The lowest BCUT2D eigenvalue weighted by atomic mass is 10.2. The molecule has 144 valence electrons. The van der Waals surface area contributed by atoms with Crippen molar-refractivity contribution in [3.63, 3.8) is 0 Å². The molecular weight excluding hydrogens is 421 g/mol. The number of ether oxygens (including phenoxy) is 2. The van der Waals surface area contributed by atoms with Gasteiger partial charge in [0.2, 0.25) is 5.13 Å². The van der Waals surface area contributed by atoms with Crippen LogP contribution in [-0.2, 0) is 0 Å². The monoisotopic (exact) mass is 435 g/mol. The van der Waals surface area contributed by atoms with Crippen LogP contribution in [0.15, 0.2) is 46.9 Å². The van der Waals surface area contributed by atoms with E-state index in [1.54, 1.807) is 30.5 Å². The lowest BCUT2D eigenvalue weighted by Crippen LogP contribution is -2.10. The minimum atomic E-state index is -0.609. The Bertz CT molecular complexity index is 1040. The van der Waals surface area contributed by atoms with Crippen molar-refractivity contribution in [1.82, 2.24) is 4.98 Å². The number of anilines is 1. The van der Waals surface area contributed by atoms with Crippen LogP contribution in [0.5, 0.6) is 11.5 Å². The Balaban J connectivity index is 1.72. The minimum absolute atomic E-state index is 0.210. The molecule has 0 aliphatic carbocycles. The molecular formula is C19H15Cl2N3O3S. The van der Waals surface area contributed by atoms with Gasteiger partial charge in [-0.25, -0.2) is 9.78 Å². The molecule has 1 N–H and O–H groups in total. The number of aromatic nitrogens is 1. The molecule has 0 aliphatic rings. The van der Waals surface area contributed by atoms with Crippen molar-refractivity contribution in [1.29, 1.82) is 0 Å². The van der Waals surface area contributed by atoms with E-state index in [-0.39, 0.29) is 16.3 Å². The maximum absolute atomic E-state index is 12.4. The minimum Gasteiger partial charge on any atom is -0.493 e. The van der Waals surface area contributed by atoms with Gasteiger partial charge in [0.15, 0.2) is 11.5 Å². The van der Waals surface area contributed by atoms with Gasteiger partial charge in [-0.15, -0.1) is 11.3 Å². The van der Waals surface area contributed by atoms with Gasteiger partial charge in [-0.3, -0.25) is 5.43 Å². The number of hydrogen-bond donors (Lipinski definition) is 1. The van der Waals surface area contributed by atoms with E-state index in [0.29, 0.717) is 15.9 Å². The Morgan fingerprint density at radius 2 is 2.04 bits per heavy atom. The van der Waals surface area contributed by atoms with Crippen molar-refractivity contribution >= 4 is 51.9 Å². The van der Waals surface area contributed by atoms with E-state index in [0.717, 1.165) is 11.3 Å². The normalized spacial score (nSPS) is 10.9. The van der Waals surface area contributed by atoms with Gasteiger partial charge in [0.05, 0.1) is 29.6 Å². The molecule has 1 heterocycles. The van der Waals surface area contributed by atoms with Gasteiger partial charge < -0.3 is 9.47 Å². The Kier molecular flexibility index (Phi) is 6.51. The molecule has 0 saturated carbocycles. The van der Waals surface area contributed by atoms with E-state index in [2.05, 4.69) is 15.5 Å². The third kappa shape index (κ3) is 5.01. The van der Waals surface area contributed by atoms with Crippen LogP contribution < -0.4 is 14.9 Å². The first-order valence-electron chi connectivity index (χ1n) is 8.02. The van der Waals surface area contributed by atoms with Crippen LogP contribution in [0, 0.1) is 6.92 Å². The summed E-state index contributed by atoms with van der Waals surface area (Å²) in [4.78, 5) is 16.6. The zero-order valence-electron chi connectivity index (χ0n) is 14.9. The fourth-order valence-electron chi connectivity index (χ4n) is 2.23. The number of carbonyl (C=O) groups is 1. The molecule has 0 amide bonds. The molecule has 0 atom stereocenters. The number of aryl methyl sites for hydroxylation is 1. The van der Waals surface area contributed by atoms with Crippen LogP contribution in [0.4, 0.5) is 5.13 Å². The van der Waals surface area contributed by atoms with Crippen LogP contribution in [0.3, 0.4) is 0 Å². The van der Waals surface area contributed by atoms with Crippen LogP contribution in [-0.4, -0.2) is 24.3 Å². The molecule has 1 aromatic heterocycles. The molecule has 0 aliphatic heterocycles. The molecule has 0 radical (unpaired) electrons. The van der Waals surface area contributed by atoms with Crippen LogP contribution >= 0.6 is 34.5 Å². The average molecular weight is 436 g/mol. The first-order chi connectivity index (χ1) is 13.5. The summed E-state index contributed by atoms with van der Waals surface area (Å²) < 4.78 is 10.7. The molecule has 0 saturated heterocycles. The van der Waals surface area contributed by atoms with Gasteiger partial charge in [0, 0.05) is 10.4 Å². The number of thiazole rings is 1. The smallest absolute Gasteiger partial charge is 0.345 e. The number of halogens is 2. The van der Waals surface area contributed by atoms with Gasteiger partial charge in [0.1, 0.15) is 0 Å². The molecule has 2 aromatic carbocycles. The summed E-state index contributed by atoms with van der Waals surface area (Å²) in [6, 6.07) is 9.62. The Hall–Kier alpha value is -2.61. The van der Waals surface area contributed by atoms with Gasteiger partial charge in [-0.1, -0.05) is 23.2 Å². The summed E-state index contributed by atoms with van der Waals surface area (Å²) in [6.07, 6.45) is 1.61. The van der Waals surface area contributed by atoms with Crippen molar-refractivity contribution in [3.8, 4) is 11.5 Å². The maximum Gasteiger partial charge on any atom is 0.345 e. The standard InChI is InChI=1S/C19H15Cl2N3O3S/c1-11-10-28-19(23-11)24-22-9-12-3-6-16(17(7-12)26-2)27-18(25)14-5-4-13(20)8-15(14)21/h3-10H,1-2H3,(H,23,24). The van der Waals surface area contributed by atoms with Gasteiger partial charge >= 0.3 is 5.97 Å². The molecule has 3 rings (SSSR count). The number of nitrogens with zero attached hydrogens (tertiary/aromatic N) is 2. The van der Waals surface area contributed by atoms with Crippen LogP contribution in [0.2, 0.25) is 10.0 Å². The second-order valence-electron chi connectivity index (χ2n) is 5.59. The van der Waals surface area contributed by atoms with E-state index in [1.807, 2.05) is 12.3 Å². The molecule has 28 heavy (non-hydrogen) atoms. The largest absolute Gasteiger partial charge is 0.493 e. The summed E-state index contributed by atoms with van der Waals surface area (Å²) in [6.45, 7) is 1.91. The highest BCUT2D eigenvalue weighted by atomic mass is 35.5. The van der Waals surface area contributed by atoms with E-state index in [4.69, 9.17) is 32.7 Å². The molecule has 6 nitrogen and oxygen atoms in total. The highest BCUT2D eigenvalue weighted by Crippen LogP contribution is 2.30. The topological polar surface area (TPSA) is 72.8 Å². The average Bonchev–Trinajstić information content (AvgIpc) is 3.07. The third-order valence-corrected chi connectivity index (χ3v) is 4.95. The van der Waals surface area contributed by atoms with Crippen molar-refractivity contribution < 1.29 is 14.3 Å². The van der Waals surface area contributed by atoms with Crippen molar-refractivity contribution in [2.45, 2.75) is 6.92 Å². The number of esters is 1. The van der Waals surface area contributed by atoms with Gasteiger partial charge in [0.25, 0.3) is 0 Å². The molecule has 3 aromatic rings. The molecule has 0 fully saturated rings. The maximum atomic E-state index is 12.4. The summed E-state index contributed by atoms with van der Waals surface area (Å²) in [5, 5.41) is 7.41. The number of hydrogen-bond acceptors (Lipinski definition) is 7. The Morgan fingerprint density at radius 3 is 2.71 bits per heavy atom. The number of methoxy groups -OCH3 is 1. The summed E-state index contributed by atoms with van der Waals surface area (Å²) in [7, 11) is 1.49. The lowest BCUT2D eigenvalue weighted by molar-refractivity contribution is 0.0730. The lowest BCUT2D eigenvalue weighted by Gasteiger charge is -2.10. The van der Waals surface area contributed by atoms with Gasteiger partial charge in [-0.05, 0) is 48.9 Å². The number of nitrogens with one attached hydrogen (secondary N) is 1. The predicted octanol–water partition coefficient (Wildman–Crippen LogP) is 5.43. The first kappa shape index (κ1) is 20.1. The van der Waals surface area contributed by atoms with Gasteiger partial charge in [-0.2, -0.15) is 5.10 Å². The fraction of sp³-hybridized carbons (Fsp3) is 0.105. The molecule has 0 bridgehead atoms. The number of benzene rings is 2. The summed E-state index contributed by atoms with van der Waals surface area (Å²) in [5.41, 5.74) is 4.74. The first-order valence-corrected chi connectivity index (χ1v) is 9.66. The second kappa shape index (κ2) is 9.05. The number of carbonyl (C=O) groups excluding carboxylic acids is 1. The van der Waals surface area contributed by atoms with Crippen LogP contribution in [0.25, 0.3) is 0 Å². The van der Waals surface area contributed by atoms with Crippen molar-refractivity contribution in [2.75, 3.05) is 12.5 Å². The Morgan fingerprint density at radius 1 is 1.21 bits per heavy atom. The van der Waals surface area contributed by atoms with E-state index in [9.17, 15) is 4.79 Å². The SMILES string of the molecule is COc1cc(C=NNc2nc(C)cs2)ccc1OC(=O)c1ccc(Cl)cc1Cl. The predicted molar refractivity (Wildman–Crippen MR) is 112 cm³/mol. The van der Waals surface area contributed by atoms with Crippen molar-refractivity contribution in [2.24, 2.45) is 5.10 Å². The second-order valence-corrected chi connectivity index (χ2v) is 7.29. The zero-order chi connectivity index (χ0) is 20.1. The molecule has 9 heteroatoms. The van der Waals surface area contributed by atoms with Crippen molar-refractivity contribution in [3.05, 3.63) is 68.6 Å². The number of rotatable bonds is 6. The quantitative estimate of drug-likeness (QED) is 0.241. The molecule has 0 unspecified atom stereocenters. The van der Waals surface area contributed by atoms with E-state index in [1.165, 1.54) is 30.6 Å². The fourth-order valence-corrected chi connectivity index (χ4v) is 3.35. The summed E-state index contributed by atoms with van der Waals surface area (Å²) >= 11 is 13.4. The van der Waals surface area contributed by atoms with Crippen LogP contribution in [0.1, 0.15) is 21.6 Å². The summed E-state index contributed by atoms with van der Waals surface area (Å²) in [5.74, 6) is 0.0360. The molecule has 0 spiro atoms. The zero-order valence-corrected chi connectivity index (χ0v) is 17.2. The number of hydrazone groups is 1. The van der Waals surface area contributed by atoms with E-state index < -0.39 is 5.97 Å². The third-order valence-electron chi connectivity index (χ3n) is 3.53. The Labute approximate surface area is 175 Å². The highest BCUT2D eigenvalue weighted by Gasteiger charge is 2.16. The van der Waals surface area contributed by atoms with E-state index >= 15 is 0 Å². The highest BCUT2D eigenvalue weighted by molar-refractivity contribution is 7.13.